The molecule has 0 fully saturated rings. The quantitative estimate of drug-likeness (QED) is 0.717. The minimum absolute atomic E-state index is 0.113. The maximum atomic E-state index is 11.7. The van der Waals surface area contributed by atoms with Crippen molar-refractivity contribution >= 4 is 5.78 Å². The van der Waals surface area contributed by atoms with Crippen molar-refractivity contribution in [1.29, 1.82) is 0 Å². The van der Waals surface area contributed by atoms with Crippen LogP contribution in [0, 0.1) is 5.92 Å². The van der Waals surface area contributed by atoms with Crippen molar-refractivity contribution in [1.82, 2.24) is 0 Å². The third kappa shape index (κ3) is 3.31. The lowest BCUT2D eigenvalue weighted by atomic mass is 9.95. The topological polar surface area (TPSA) is 17.1 Å². The van der Waals surface area contributed by atoms with Crippen LogP contribution in [0.4, 0.5) is 0 Å². The molecule has 0 N–H and O–H groups in total. The van der Waals surface area contributed by atoms with E-state index in [9.17, 15) is 4.79 Å². The second kappa shape index (κ2) is 5.83. The van der Waals surface area contributed by atoms with Crippen molar-refractivity contribution < 1.29 is 4.79 Å². The lowest BCUT2D eigenvalue weighted by molar-refractivity contribution is 0.101. The van der Waals surface area contributed by atoms with E-state index in [1.54, 1.807) is 6.92 Å². The molecule has 0 aliphatic carbocycles. The molecule has 19 heavy (non-hydrogen) atoms. The lowest BCUT2D eigenvalue weighted by Gasteiger charge is -2.09. The van der Waals surface area contributed by atoms with Crippen LogP contribution in [0.3, 0.4) is 0 Å². The zero-order valence-corrected chi connectivity index (χ0v) is 11.8. The highest BCUT2D eigenvalue weighted by molar-refractivity contribution is 6.00. The van der Waals surface area contributed by atoms with Gasteiger partial charge in [0.1, 0.15) is 0 Å². The Morgan fingerprint density at radius 1 is 1.00 bits per heavy atom. The van der Waals surface area contributed by atoms with Crippen LogP contribution in [0.1, 0.15) is 36.7 Å². The zero-order valence-electron chi connectivity index (χ0n) is 11.8. The van der Waals surface area contributed by atoms with Crippen LogP contribution >= 0.6 is 0 Å². The fourth-order valence-corrected chi connectivity index (χ4v) is 2.33. The molecule has 0 unspecified atom stereocenters. The van der Waals surface area contributed by atoms with E-state index < -0.39 is 0 Å². The highest BCUT2D eigenvalue weighted by Gasteiger charge is 2.08. The molecule has 0 heterocycles. The van der Waals surface area contributed by atoms with Crippen molar-refractivity contribution in [2.45, 2.75) is 27.2 Å². The van der Waals surface area contributed by atoms with Crippen LogP contribution in [-0.4, -0.2) is 5.78 Å². The van der Waals surface area contributed by atoms with Gasteiger partial charge in [0.2, 0.25) is 0 Å². The Labute approximate surface area is 115 Å². The van der Waals surface area contributed by atoms with Gasteiger partial charge in [0, 0.05) is 5.56 Å². The molecule has 0 bridgehead atoms. The molecule has 98 valence electrons. The average molecular weight is 252 g/mol. The first-order valence-corrected chi connectivity index (χ1v) is 6.77. The molecule has 1 heteroatoms. The standard InChI is InChI=1S/C18H20O/c1-13(2)12-15-8-10-16(11-9-15)18-7-5-4-6-17(18)14(3)19/h4-11,13H,12H2,1-3H3. The van der Waals surface area contributed by atoms with E-state index in [4.69, 9.17) is 0 Å². The molecular weight excluding hydrogens is 232 g/mol. The van der Waals surface area contributed by atoms with Crippen molar-refractivity contribution in [2.24, 2.45) is 5.92 Å². The van der Waals surface area contributed by atoms with E-state index in [2.05, 4.69) is 38.1 Å². The summed E-state index contributed by atoms with van der Waals surface area (Å²) in [6.07, 6.45) is 1.09. The minimum atomic E-state index is 0.113. The molecule has 0 aliphatic rings. The predicted molar refractivity (Wildman–Crippen MR) is 80.4 cm³/mol. The van der Waals surface area contributed by atoms with E-state index in [-0.39, 0.29) is 5.78 Å². The number of hydrogen-bond donors (Lipinski definition) is 0. The highest BCUT2D eigenvalue weighted by Crippen LogP contribution is 2.24. The molecule has 2 aromatic carbocycles. The minimum Gasteiger partial charge on any atom is -0.294 e. The molecule has 0 saturated carbocycles. The Balaban J connectivity index is 2.35. The Kier molecular flexibility index (Phi) is 4.16. The fourth-order valence-electron chi connectivity index (χ4n) is 2.33. The van der Waals surface area contributed by atoms with E-state index in [0.29, 0.717) is 5.92 Å². The van der Waals surface area contributed by atoms with Gasteiger partial charge in [-0.15, -0.1) is 0 Å². The largest absolute Gasteiger partial charge is 0.294 e. The van der Waals surface area contributed by atoms with Gasteiger partial charge in [0.05, 0.1) is 0 Å². The summed E-state index contributed by atoms with van der Waals surface area (Å²) in [6, 6.07) is 16.3. The number of ketones is 1. The Morgan fingerprint density at radius 3 is 2.21 bits per heavy atom. The van der Waals surface area contributed by atoms with Crippen molar-refractivity contribution in [3.63, 3.8) is 0 Å². The molecule has 2 rings (SSSR count). The van der Waals surface area contributed by atoms with E-state index >= 15 is 0 Å². The molecular formula is C18H20O. The summed E-state index contributed by atoms with van der Waals surface area (Å²) in [5, 5.41) is 0. The molecule has 0 aliphatic heterocycles. The number of carbonyl (C=O) groups is 1. The van der Waals surface area contributed by atoms with Gasteiger partial charge < -0.3 is 0 Å². The van der Waals surface area contributed by atoms with Crippen LogP contribution in [0.15, 0.2) is 48.5 Å². The summed E-state index contributed by atoms with van der Waals surface area (Å²) in [7, 11) is 0. The van der Waals surface area contributed by atoms with Gasteiger partial charge >= 0.3 is 0 Å². The molecule has 0 radical (unpaired) electrons. The Hall–Kier alpha value is -1.89. The third-order valence-electron chi connectivity index (χ3n) is 3.22. The number of Topliss-reactive ketones (excluding diaryl/α,β-unsaturated/α-hetero) is 1. The number of rotatable bonds is 4. The molecule has 0 amide bonds. The molecule has 0 spiro atoms. The monoisotopic (exact) mass is 252 g/mol. The van der Waals surface area contributed by atoms with Gasteiger partial charge in [-0.05, 0) is 36.0 Å². The van der Waals surface area contributed by atoms with Crippen molar-refractivity contribution in [3.05, 3.63) is 59.7 Å². The molecule has 0 aromatic heterocycles. The van der Waals surface area contributed by atoms with Crippen molar-refractivity contribution in [2.75, 3.05) is 0 Å². The summed E-state index contributed by atoms with van der Waals surface area (Å²) in [4.78, 5) is 11.7. The summed E-state index contributed by atoms with van der Waals surface area (Å²) in [5.74, 6) is 0.775. The molecule has 1 nitrogen and oxygen atoms in total. The Bertz CT molecular complexity index is 564. The van der Waals surface area contributed by atoms with Gasteiger partial charge in [-0.1, -0.05) is 62.4 Å². The van der Waals surface area contributed by atoms with Crippen LogP contribution in [-0.2, 0) is 6.42 Å². The second-order valence-corrected chi connectivity index (χ2v) is 5.40. The second-order valence-electron chi connectivity index (χ2n) is 5.40. The summed E-state index contributed by atoms with van der Waals surface area (Å²) in [6.45, 7) is 6.06. The molecule has 0 saturated heterocycles. The number of hydrogen-bond acceptors (Lipinski definition) is 1. The average Bonchev–Trinajstić information content (AvgIpc) is 2.39. The van der Waals surface area contributed by atoms with Gasteiger partial charge in [-0.3, -0.25) is 4.79 Å². The van der Waals surface area contributed by atoms with Gasteiger partial charge in [0.25, 0.3) is 0 Å². The van der Waals surface area contributed by atoms with Gasteiger partial charge in [-0.25, -0.2) is 0 Å². The normalized spacial score (nSPS) is 10.7. The maximum absolute atomic E-state index is 11.7. The fraction of sp³-hybridized carbons (Fsp3) is 0.278. The summed E-state index contributed by atoms with van der Waals surface area (Å²) < 4.78 is 0. The first-order chi connectivity index (χ1) is 9.08. The SMILES string of the molecule is CC(=O)c1ccccc1-c1ccc(CC(C)C)cc1. The predicted octanol–water partition coefficient (Wildman–Crippen LogP) is 4.75. The van der Waals surface area contributed by atoms with E-state index in [1.807, 2.05) is 24.3 Å². The van der Waals surface area contributed by atoms with E-state index in [1.165, 1.54) is 5.56 Å². The van der Waals surface area contributed by atoms with Crippen LogP contribution in [0.2, 0.25) is 0 Å². The highest BCUT2D eigenvalue weighted by atomic mass is 16.1. The molecule has 2 aromatic rings. The van der Waals surface area contributed by atoms with Gasteiger partial charge in [-0.2, -0.15) is 0 Å². The first-order valence-electron chi connectivity index (χ1n) is 6.77. The molecule has 0 atom stereocenters. The van der Waals surface area contributed by atoms with Crippen molar-refractivity contribution in [3.8, 4) is 11.1 Å². The van der Waals surface area contributed by atoms with Crippen LogP contribution < -0.4 is 0 Å². The summed E-state index contributed by atoms with van der Waals surface area (Å²) >= 11 is 0. The van der Waals surface area contributed by atoms with Crippen LogP contribution in [0.25, 0.3) is 11.1 Å². The first kappa shape index (κ1) is 13.5. The lowest BCUT2D eigenvalue weighted by Crippen LogP contribution is -1.96. The van der Waals surface area contributed by atoms with Gasteiger partial charge in [0.15, 0.2) is 5.78 Å². The number of benzene rings is 2. The van der Waals surface area contributed by atoms with Crippen LogP contribution in [0.5, 0.6) is 0 Å². The smallest absolute Gasteiger partial charge is 0.160 e. The summed E-state index contributed by atoms with van der Waals surface area (Å²) in [5.41, 5.74) is 4.27. The Morgan fingerprint density at radius 2 is 1.63 bits per heavy atom. The third-order valence-corrected chi connectivity index (χ3v) is 3.22. The zero-order chi connectivity index (χ0) is 13.8. The number of carbonyl (C=O) groups excluding carboxylic acids is 1. The maximum Gasteiger partial charge on any atom is 0.160 e. The van der Waals surface area contributed by atoms with E-state index in [0.717, 1.165) is 23.1 Å².